The highest BCUT2D eigenvalue weighted by Crippen LogP contribution is 2.15. The first kappa shape index (κ1) is 13.7. The van der Waals surface area contributed by atoms with Crippen molar-refractivity contribution in [3.63, 3.8) is 0 Å². The number of benzene rings is 1. The van der Waals surface area contributed by atoms with Crippen molar-refractivity contribution in [1.29, 1.82) is 0 Å². The fourth-order valence-corrected chi connectivity index (χ4v) is 2.49. The summed E-state index contributed by atoms with van der Waals surface area (Å²) in [5.41, 5.74) is 7.11. The van der Waals surface area contributed by atoms with Gasteiger partial charge in [0, 0.05) is 30.5 Å². The van der Waals surface area contributed by atoms with Gasteiger partial charge in [0.1, 0.15) is 0 Å². The minimum atomic E-state index is -0.0478. The topological polar surface area (TPSA) is 61.6 Å². The maximum absolute atomic E-state index is 12.3. The van der Waals surface area contributed by atoms with E-state index in [0.717, 1.165) is 31.7 Å². The second-order valence-corrected chi connectivity index (χ2v) is 5.21. The largest absolute Gasteiger partial charge is 0.399 e. The van der Waals surface area contributed by atoms with Crippen LogP contribution in [0.25, 0.3) is 0 Å². The number of urea groups is 1. The van der Waals surface area contributed by atoms with Gasteiger partial charge >= 0.3 is 6.03 Å². The number of likely N-dealkylation sites (N-methyl/N-ethyl adjacent to an activating group) is 1. The van der Waals surface area contributed by atoms with E-state index in [0.29, 0.717) is 5.69 Å². The molecule has 0 radical (unpaired) electrons. The number of nitrogens with zero attached hydrogens (tertiary/aromatic N) is 2. The molecule has 1 aromatic rings. The fourth-order valence-electron chi connectivity index (χ4n) is 2.49. The van der Waals surface area contributed by atoms with Crippen molar-refractivity contribution in [1.82, 2.24) is 9.80 Å². The third-order valence-electron chi connectivity index (χ3n) is 3.45. The molecule has 1 saturated heterocycles. The average molecular weight is 262 g/mol. The van der Waals surface area contributed by atoms with E-state index < -0.39 is 0 Å². The van der Waals surface area contributed by atoms with Crippen molar-refractivity contribution in [3.05, 3.63) is 24.3 Å². The van der Waals surface area contributed by atoms with E-state index in [1.54, 1.807) is 12.1 Å². The van der Waals surface area contributed by atoms with Crippen molar-refractivity contribution in [2.24, 2.45) is 0 Å². The molecular formula is C14H22N4O. The molecule has 1 aliphatic heterocycles. The molecule has 1 unspecified atom stereocenters. The minimum Gasteiger partial charge on any atom is -0.399 e. The number of hydrogen-bond donors (Lipinski definition) is 2. The summed E-state index contributed by atoms with van der Waals surface area (Å²) in [6, 6.07) is 7.43. The first-order valence-electron chi connectivity index (χ1n) is 6.68. The Kier molecular flexibility index (Phi) is 4.27. The summed E-state index contributed by atoms with van der Waals surface area (Å²) in [6.45, 7) is 4.82. The molecule has 0 bridgehead atoms. The minimum absolute atomic E-state index is 0.0478. The molecule has 1 fully saturated rings. The first-order chi connectivity index (χ1) is 9.06. The summed E-state index contributed by atoms with van der Waals surface area (Å²) < 4.78 is 0. The Bertz CT molecular complexity index is 449. The monoisotopic (exact) mass is 262 g/mol. The van der Waals surface area contributed by atoms with Crippen LogP contribution in [0.5, 0.6) is 0 Å². The fraction of sp³-hybridized carbons (Fsp3) is 0.500. The number of amides is 2. The van der Waals surface area contributed by atoms with Crippen LogP contribution in [-0.4, -0.2) is 48.6 Å². The van der Waals surface area contributed by atoms with Crippen LogP contribution in [0.1, 0.15) is 13.3 Å². The van der Waals surface area contributed by atoms with E-state index in [1.165, 1.54) is 0 Å². The van der Waals surface area contributed by atoms with Gasteiger partial charge in [-0.05, 0) is 45.1 Å². The number of hydrogen-bond acceptors (Lipinski definition) is 3. The number of carbonyl (C=O) groups excluding carboxylic acids is 1. The molecule has 5 heteroatoms. The quantitative estimate of drug-likeness (QED) is 0.759. The molecule has 2 amide bonds. The summed E-state index contributed by atoms with van der Waals surface area (Å²) >= 11 is 0. The van der Waals surface area contributed by atoms with Crippen molar-refractivity contribution in [2.75, 3.05) is 37.7 Å². The SMILES string of the molecule is CC1CN(C)CCCN1C(=O)Nc1cccc(N)c1. The molecule has 0 aliphatic carbocycles. The van der Waals surface area contributed by atoms with Gasteiger partial charge in [0.05, 0.1) is 0 Å². The molecule has 1 aliphatic rings. The Balaban J connectivity index is 2.02. The van der Waals surface area contributed by atoms with Crippen LogP contribution < -0.4 is 11.1 Å². The van der Waals surface area contributed by atoms with Gasteiger partial charge in [-0.1, -0.05) is 6.07 Å². The van der Waals surface area contributed by atoms with Gasteiger partial charge in [-0.3, -0.25) is 0 Å². The molecule has 1 aromatic carbocycles. The molecule has 5 nitrogen and oxygen atoms in total. The smallest absolute Gasteiger partial charge is 0.322 e. The Morgan fingerprint density at radius 3 is 2.95 bits per heavy atom. The molecule has 19 heavy (non-hydrogen) atoms. The zero-order valence-corrected chi connectivity index (χ0v) is 11.6. The first-order valence-corrected chi connectivity index (χ1v) is 6.68. The zero-order chi connectivity index (χ0) is 13.8. The number of carbonyl (C=O) groups is 1. The number of nitrogens with one attached hydrogen (secondary N) is 1. The van der Waals surface area contributed by atoms with E-state index in [4.69, 9.17) is 5.73 Å². The highest BCUT2D eigenvalue weighted by atomic mass is 16.2. The Morgan fingerprint density at radius 2 is 2.21 bits per heavy atom. The van der Waals surface area contributed by atoms with Crippen molar-refractivity contribution in [3.8, 4) is 0 Å². The van der Waals surface area contributed by atoms with Gasteiger partial charge in [0.25, 0.3) is 0 Å². The average Bonchev–Trinajstić information content (AvgIpc) is 2.50. The zero-order valence-electron chi connectivity index (χ0n) is 11.6. The molecule has 0 aromatic heterocycles. The lowest BCUT2D eigenvalue weighted by Crippen LogP contribution is -2.44. The van der Waals surface area contributed by atoms with E-state index >= 15 is 0 Å². The third-order valence-corrected chi connectivity index (χ3v) is 3.45. The lowest BCUT2D eigenvalue weighted by Gasteiger charge is -2.28. The van der Waals surface area contributed by atoms with Gasteiger partial charge in [0.15, 0.2) is 0 Å². The number of anilines is 2. The Labute approximate surface area is 114 Å². The lowest BCUT2D eigenvalue weighted by molar-refractivity contribution is 0.190. The van der Waals surface area contributed by atoms with E-state index in [-0.39, 0.29) is 12.1 Å². The van der Waals surface area contributed by atoms with Crippen LogP contribution in [0.15, 0.2) is 24.3 Å². The Morgan fingerprint density at radius 1 is 1.42 bits per heavy atom. The highest BCUT2D eigenvalue weighted by Gasteiger charge is 2.23. The van der Waals surface area contributed by atoms with Gasteiger partial charge in [0.2, 0.25) is 0 Å². The summed E-state index contributed by atoms with van der Waals surface area (Å²) in [4.78, 5) is 16.5. The predicted octanol–water partition coefficient (Wildman–Crippen LogP) is 1.83. The molecule has 3 N–H and O–H groups in total. The van der Waals surface area contributed by atoms with Gasteiger partial charge < -0.3 is 20.9 Å². The molecule has 0 spiro atoms. The van der Waals surface area contributed by atoms with Crippen LogP contribution in [0.2, 0.25) is 0 Å². The van der Waals surface area contributed by atoms with Crippen LogP contribution in [0.4, 0.5) is 16.2 Å². The highest BCUT2D eigenvalue weighted by molar-refractivity contribution is 5.90. The normalized spacial score (nSPS) is 20.9. The van der Waals surface area contributed by atoms with E-state index in [2.05, 4.69) is 24.2 Å². The summed E-state index contributed by atoms with van der Waals surface area (Å²) in [5, 5.41) is 2.91. The molecule has 1 heterocycles. The van der Waals surface area contributed by atoms with Crippen LogP contribution >= 0.6 is 0 Å². The van der Waals surface area contributed by atoms with E-state index in [9.17, 15) is 4.79 Å². The van der Waals surface area contributed by atoms with Gasteiger partial charge in [-0.25, -0.2) is 4.79 Å². The molecule has 104 valence electrons. The summed E-state index contributed by atoms with van der Waals surface area (Å²) in [6.07, 6.45) is 1.01. The number of nitrogens with two attached hydrogens (primary N) is 1. The van der Waals surface area contributed by atoms with Crippen molar-refractivity contribution >= 4 is 17.4 Å². The lowest BCUT2D eigenvalue weighted by atomic mass is 10.2. The summed E-state index contributed by atoms with van der Waals surface area (Å²) in [7, 11) is 2.09. The predicted molar refractivity (Wildman–Crippen MR) is 78.2 cm³/mol. The third kappa shape index (κ3) is 3.61. The van der Waals surface area contributed by atoms with Gasteiger partial charge in [-0.2, -0.15) is 0 Å². The second-order valence-electron chi connectivity index (χ2n) is 5.21. The van der Waals surface area contributed by atoms with Crippen LogP contribution in [-0.2, 0) is 0 Å². The number of nitrogen functional groups attached to an aromatic ring is 1. The molecule has 0 saturated carbocycles. The van der Waals surface area contributed by atoms with E-state index in [1.807, 2.05) is 17.0 Å². The maximum Gasteiger partial charge on any atom is 0.322 e. The Hall–Kier alpha value is -1.75. The van der Waals surface area contributed by atoms with Gasteiger partial charge in [-0.15, -0.1) is 0 Å². The van der Waals surface area contributed by atoms with Crippen LogP contribution in [0, 0.1) is 0 Å². The molecule has 2 rings (SSSR count). The standard InChI is InChI=1S/C14H22N4O/c1-11-10-17(2)7-4-8-18(11)14(19)16-13-6-3-5-12(15)9-13/h3,5-6,9,11H,4,7-8,10,15H2,1-2H3,(H,16,19). The number of rotatable bonds is 1. The molecular weight excluding hydrogens is 240 g/mol. The van der Waals surface area contributed by atoms with Crippen molar-refractivity contribution < 1.29 is 4.79 Å². The summed E-state index contributed by atoms with van der Waals surface area (Å²) in [5.74, 6) is 0. The van der Waals surface area contributed by atoms with Crippen LogP contribution in [0.3, 0.4) is 0 Å². The second kappa shape index (κ2) is 5.93. The molecule has 1 atom stereocenters. The van der Waals surface area contributed by atoms with Crippen molar-refractivity contribution in [2.45, 2.75) is 19.4 Å². The maximum atomic E-state index is 12.3.